The Morgan fingerprint density at radius 1 is 1.12 bits per heavy atom. The number of carbonyl (C=O) groups is 2. The lowest BCUT2D eigenvalue weighted by molar-refractivity contribution is -0.151. The van der Waals surface area contributed by atoms with Crippen molar-refractivity contribution in [2.75, 3.05) is 12.4 Å². The minimum Gasteiger partial charge on any atom is -0.467 e. The number of hydrogen-bond acceptors (Lipinski definition) is 4. The Labute approximate surface area is 146 Å². The van der Waals surface area contributed by atoms with Crippen LogP contribution in [-0.2, 0) is 19.7 Å². The van der Waals surface area contributed by atoms with Crippen LogP contribution < -0.4 is 5.32 Å². The van der Waals surface area contributed by atoms with Crippen molar-refractivity contribution in [3.63, 3.8) is 0 Å². The molecule has 0 saturated carbocycles. The highest BCUT2D eigenvalue weighted by Gasteiger charge is 2.61. The van der Waals surface area contributed by atoms with Crippen LogP contribution in [0.25, 0.3) is 0 Å². The first kappa shape index (κ1) is 15.7. The number of para-hydroxylation sites is 1. The Morgan fingerprint density at radius 2 is 1.80 bits per heavy atom. The first-order valence-electron chi connectivity index (χ1n) is 8.38. The lowest BCUT2D eigenvalue weighted by atomic mass is 9.72. The maximum absolute atomic E-state index is 12.4. The molecule has 2 aromatic rings. The van der Waals surface area contributed by atoms with Gasteiger partial charge in [0.15, 0.2) is 0 Å². The minimum atomic E-state index is -0.603. The van der Waals surface area contributed by atoms with Gasteiger partial charge in [0.2, 0.25) is 5.91 Å². The summed E-state index contributed by atoms with van der Waals surface area (Å²) >= 11 is 0. The fourth-order valence-electron chi connectivity index (χ4n) is 4.43. The van der Waals surface area contributed by atoms with E-state index in [-0.39, 0.29) is 18.0 Å². The van der Waals surface area contributed by atoms with E-state index in [9.17, 15) is 9.59 Å². The minimum absolute atomic E-state index is 0.140. The zero-order chi connectivity index (χ0) is 17.6. The number of nitrogens with zero attached hydrogens (tertiary/aromatic N) is 1. The number of anilines is 1. The van der Waals surface area contributed by atoms with Gasteiger partial charge in [-0.15, -0.1) is 0 Å². The standard InChI is InChI=1S/C20H20N2O3/c1-13(23)22-17(18(24)25-2)12-20(14-8-4-3-5-9-14)15-10-6-7-11-16(15)21-19(20)22/h3-11,17,19,21H,12H2,1-2H3/t17?,19-,20+/m0/s1. The van der Waals surface area contributed by atoms with E-state index in [2.05, 4.69) is 23.5 Å². The molecular weight excluding hydrogens is 316 g/mol. The molecule has 4 rings (SSSR count). The predicted molar refractivity (Wildman–Crippen MR) is 94.0 cm³/mol. The van der Waals surface area contributed by atoms with Gasteiger partial charge < -0.3 is 15.0 Å². The molecular formula is C20H20N2O3. The smallest absolute Gasteiger partial charge is 0.328 e. The molecule has 1 amide bonds. The lowest BCUT2D eigenvalue weighted by Gasteiger charge is -2.33. The summed E-state index contributed by atoms with van der Waals surface area (Å²) < 4.78 is 4.99. The molecule has 2 aromatic carbocycles. The van der Waals surface area contributed by atoms with Gasteiger partial charge in [-0.25, -0.2) is 4.79 Å². The van der Waals surface area contributed by atoms with Gasteiger partial charge in [-0.1, -0.05) is 48.5 Å². The molecule has 0 spiro atoms. The highest BCUT2D eigenvalue weighted by atomic mass is 16.5. The monoisotopic (exact) mass is 336 g/mol. The Morgan fingerprint density at radius 3 is 2.48 bits per heavy atom. The van der Waals surface area contributed by atoms with E-state index in [0.29, 0.717) is 6.42 Å². The van der Waals surface area contributed by atoms with Crippen molar-refractivity contribution in [2.24, 2.45) is 0 Å². The van der Waals surface area contributed by atoms with Gasteiger partial charge in [-0.05, 0) is 23.6 Å². The van der Waals surface area contributed by atoms with Crippen molar-refractivity contribution in [2.45, 2.75) is 31.0 Å². The summed E-state index contributed by atoms with van der Waals surface area (Å²) in [5.74, 6) is -0.516. The average Bonchev–Trinajstić information content (AvgIpc) is 3.13. The molecule has 2 aliphatic rings. The number of fused-ring (bicyclic) bond motifs is 3. The van der Waals surface area contributed by atoms with E-state index < -0.39 is 11.5 Å². The van der Waals surface area contributed by atoms with Crippen molar-refractivity contribution in [3.05, 3.63) is 65.7 Å². The quantitative estimate of drug-likeness (QED) is 0.856. The van der Waals surface area contributed by atoms with Gasteiger partial charge in [0, 0.05) is 12.6 Å². The van der Waals surface area contributed by atoms with Crippen LogP contribution in [0.1, 0.15) is 24.5 Å². The van der Waals surface area contributed by atoms with E-state index >= 15 is 0 Å². The zero-order valence-electron chi connectivity index (χ0n) is 14.2. The molecule has 2 heterocycles. The molecule has 0 aromatic heterocycles. The van der Waals surface area contributed by atoms with Crippen LogP contribution in [0, 0.1) is 0 Å². The van der Waals surface area contributed by atoms with Crippen LogP contribution in [0.5, 0.6) is 0 Å². The van der Waals surface area contributed by atoms with Crippen LogP contribution in [0.15, 0.2) is 54.6 Å². The SMILES string of the molecule is COC(=O)C1C[C@@]2(c3ccccc3)c3ccccc3N[C@H]2N1C(C)=O. The van der Waals surface area contributed by atoms with E-state index in [1.54, 1.807) is 4.90 Å². The van der Waals surface area contributed by atoms with E-state index in [4.69, 9.17) is 4.74 Å². The number of nitrogens with one attached hydrogen (secondary N) is 1. The van der Waals surface area contributed by atoms with Gasteiger partial charge in [-0.3, -0.25) is 4.79 Å². The number of likely N-dealkylation sites (tertiary alicyclic amines) is 1. The first-order chi connectivity index (χ1) is 12.1. The molecule has 5 nitrogen and oxygen atoms in total. The van der Waals surface area contributed by atoms with Gasteiger partial charge in [0.05, 0.1) is 12.5 Å². The van der Waals surface area contributed by atoms with E-state index in [1.165, 1.54) is 14.0 Å². The summed E-state index contributed by atoms with van der Waals surface area (Å²) in [6, 6.07) is 17.5. The van der Waals surface area contributed by atoms with E-state index in [1.807, 2.05) is 36.4 Å². The second-order valence-electron chi connectivity index (χ2n) is 6.60. The van der Waals surface area contributed by atoms with Crippen LogP contribution in [0.2, 0.25) is 0 Å². The third-order valence-corrected chi connectivity index (χ3v) is 5.42. The second kappa shape index (κ2) is 5.62. The number of benzene rings is 2. The van der Waals surface area contributed by atoms with Gasteiger partial charge in [0.1, 0.15) is 12.2 Å². The molecule has 128 valence electrons. The summed E-state index contributed by atoms with van der Waals surface area (Å²) in [5, 5.41) is 3.47. The van der Waals surface area contributed by atoms with Crippen LogP contribution >= 0.6 is 0 Å². The maximum Gasteiger partial charge on any atom is 0.328 e. The molecule has 2 aliphatic heterocycles. The van der Waals surface area contributed by atoms with E-state index in [0.717, 1.165) is 16.8 Å². The molecule has 3 atom stereocenters. The topological polar surface area (TPSA) is 58.6 Å². The normalized spacial score (nSPS) is 26.6. The van der Waals surface area contributed by atoms with Gasteiger partial charge in [-0.2, -0.15) is 0 Å². The zero-order valence-corrected chi connectivity index (χ0v) is 14.2. The molecule has 0 aliphatic carbocycles. The molecule has 1 unspecified atom stereocenters. The third kappa shape index (κ3) is 2.08. The molecule has 0 bridgehead atoms. The van der Waals surface area contributed by atoms with Crippen LogP contribution in [0.4, 0.5) is 5.69 Å². The van der Waals surface area contributed by atoms with Crippen molar-refractivity contribution in [3.8, 4) is 0 Å². The Hall–Kier alpha value is -2.82. The fourth-order valence-corrected chi connectivity index (χ4v) is 4.43. The number of methoxy groups -OCH3 is 1. The summed E-state index contributed by atoms with van der Waals surface area (Å²) in [5.41, 5.74) is 2.74. The number of esters is 1. The number of carbonyl (C=O) groups excluding carboxylic acids is 2. The Kier molecular flexibility index (Phi) is 3.53. The summed E-state index contributed by atoms with van der Waals surface area (Å²) in [6.07, 6.45) is 0.187. The van der Waals surface area contributed by atoms with Crippen molar-refractivity contribution in [1.82, 2.24) is 4.90 Å². The number of ether oxygens (including phenoxy) is 1. The highest BCUT2D eigenvalue weighted by molar-refractivity contribution is 5.87. The number of amides is 1. The molecule has 0 radical (unpaired) electrons. The largest absolute Gasteiger partial charge is 0.467 e. The second-order valence-corrected chi connectivity index (χ2v) is 6.60. The summed E-state index contributed by atoms with van der Waals surface area (Å²) in [6.45, 7) is 1.50. The summed E-state index contributed by atoms with van der Waals surface area (Å²) in [4.78, 5) is 26.5. The third-order valence-electron chi connectivity index (χ3n) is 5.42. The van der Waals surface area contributed by atoms with Crippen molar-refractivity contribution in [1.29, 1.82) is 0 Å². The molecule has 1 N–H and O–H groups in total. The fraction of sp³-hybridized carbons (Fsp3) is 0.300. The van der Waals surface area contributed by atoms with Crippen LogP contribution in [-0.4, -0.2) is 36.1 Å². The highest BCUT2D eigenvalue weighted by Crippen LogP contribution is 2.54. The Balaban J connectivity index is 1.95. The van der Waals surface area contributed by atoms with Crippen molar-refractivity contribution >= 4 is 17.6 Å². The molecule has 5 heteroatoms. The lowest BCUT2D eigenvalue weighted by Crippen LogP contribution is -2.49. The molecule has 1 fully saturated rings. The number of hydrogen-bond donors (Lipinski definition) is 1. The average molecular weight is 336 g/mol. The molecule has 1 saturated heterocycles. The summed E-state index contributed by atoms with van der Waals surface area (Å²) in [7, 11) is 1.37. The maximum atomic E-state index is 12.4. The number of rotatable bonds is 2. The predicted octanol–water partition coefficient (Wildman–Crippen LogP) is 2.52. The van der Waals surface area contributed by atoms with Gasteiger partial charge in [0.25, 0.3) is 0 Å². The molecule has 25 heavy (non-hydrogen) atoms. The first-order valence-corrected chi connectivity index (χ1v) is 8.38. The van der Waals surface area contributed by atoms with Crippen LogP contribution in [0.3, 0.4) is 0 Å². The van der Waals surface area contributed by atoms with Gasteiger partial charge >= 0.3 is 5.97 Å². The van der Waals surface area contributed by atoms with Crippen molar-refractivity contribution < 1.29 is 14.3 Å². The Bertz CT molecular complexity index is 836.